The number of benzene rings is 1. The van der Waals surface area contributed by atoms with Crippen molar-refractivity contribution in [3.8, 4) is 11.4 Å². The van der Waals surface area contributed by atoms with Crippen molar-refractivity contribution in [2.45, 2.75) is 25.4 Å². The van der Waals surface area contributed by atoms with Gasteiger partial charge in [-0.05, 0) is 35.2 Å². The summed E-state index contributed by atoms with van der Waals surface area (Å²) in [5.74, 6) is -0.227. The van der Waals surface area contributed by atoms with Crippen molar-refractivity contribution >= 4 is 11.8 Å². The second-order valence-corrected chi connectivity index (χ2v) is 7.71. The number of aromatic amines is 1. The Morgan fingerprint density at radius 1 is 1.18 bits per heavy atom. The first-order valence-corrected chi connectivity index (χ1v) is 10.3. The van der Waals surface area contributed by atoms with E-state index in [0.29, 0.717) is 12.4 Å². The van der Waals surface area contributed by atoms with E-state index in [1.54, 1.807) is 17.9 Å². The first-order chi connectivity index (χ1) is 16.1. The van der Waals surface area contributed by atoms with Gasteiger partial charge < -0.3 is 10.6 Å². The second-order valence-electron chi connectivity index (χ2n) is 7.71. The van der Waals surface area contributed by atoms with Crippen LogP contribution in [0.2, 0.25) is 0 Å². The van der Waals surface area contributed by atoms with Crippen LogP contribution in [0.3, 0.4) is 0 Å². The number of amides is 2. The fourth-order valence-corrected chi connectivity index (χ4v) is 3.86. The second kappa shape index (κ2) is 8.57. The van der Waals surface area contributed by atoms with E-state index < -0.39 is 5.91 Å². The highest BCUT2D eigenvalue weighted by atomic mass is 16.2. The summed E-state index contributed by atoms with van der Waals surface area (Å²) in [6.45, 7) is 0.308. The van der Waals surface area contributed by atoms with E-state index in [9.17, 15) is 9.59 Å². The molecular weight excluding hydrogens is 424 g/mol. The molecule has 2 amide bonds. The molecule has 0 saturated carbocycles. The molecule has 0 bridgehead atoms. The lowest BCUT2D eigenvalue weighted by atomic mass is 10.0. The SMILES string of the molecule is Cn1cc(CNC(=O)c2cc(C(=O)N[C@@H]3CCc4cc(-c5nn[nH]n5)ccc43)ncn2)cn1. The van der Waals surface area contributed by atoms with E-state index in [2.05, 4.69) is 46.3 Å². The van der Waals surface area contributed by atoms with Crippen LogP contribution in [0.15, 0.2) is 43.0 Å². The minimum absolute atomic E-state index is 0.121. The highest BCUT2D eigenvalue weighted by Gasteiger charge is 2.26. The number of nitrogens with zero attached hydrogens (tertiary/aromatic N) is 7. The quantitative estimate of drug-likeness (QED) is 0.393. The van der Waals surface area contributed by atoms with Crippen molar-refractivity contribution in [2.24, 2.45) is 7.05 Å². The molecule has 0 fully saturated rings. The molecule has 0 unspecified atom stereocenters. The Labute approximate surface area is 187 Å². The molecule has 12 heteroatoms. The van der Waals surface area contributed by atoms with Gasteiger partial charge in [0.1, 0.15) is 17.7 Å². The zero-order valence-electron chi connectivity index (χ0n) is 17.7. The maximum absolute atomic E-state index is 12.8. The molecule has 3 N–H and O–H groups in total. The average molecular weight is 444 g/mol. The van der Waals surface area contributed by atoms with Gasteiger partial charge in [-0.15, -0.1) is 10.2 Å². The van der Waals surface area contributed by atoms with Gasteiger partial charge >= 0.3 is 0 Å². The molecular formula is C21H20N10O2. The molecule has 4 aromatic rings. The van der Waals surface area contributed by atoms with Gasteiger partial charge in [-0.1, -0.05) is 12.1 Å². The largest absolute Gasteiger partial charge is 0.347 e. The number of aryl methyl sites for hydroxylation is 2. The van der Waals surface area contributed by atoms with Crippen molar-refractivity contribution in [2.75, 3.05) is 0 Å². The van der Waals surface area contributed by atoms with Crippen molar-refractivity contribution in [1.82, 2.24) is 51.0 Å². The zero-order chi connectivity index (χ0) is 22.8. The first kappa shape index (κ1) is 20.4. The Balaban J connectivity index is 1.25. The Morgan fingerprint density at radius 3 is 2.79 bits per heavy atom. The molecule has 1 aliphatic rings. The first-order valence-electron chi connectivity index (χ1n) is 10.3. The number of aromatic nitrogens is 8. The minimum Gasteiger partial charge on any atom is -0.347 e. The summed E-state index contributed by atoms with van der Waals surface area (Å²) in [5, 5.41) is 23.9. The maximum atomic E-state index is 12.8. The molecule has 1 aromatic carbocycles. The van der Waals surface area contributed by atoms with Crippen LogP contribution in [0.1, 0.15) is 50.1 Å². The van der Waals surface area contributed by atoms with E-state index in [0.717, 1.165) is 35.1 Å². The summed E-state index contributed by atoms with van der Waals surface area (Å²) in [6.07, 6.45) is 6.28. The highest BCUT2D eigenvalue weighted by Crippen LogP contribution is 2.33. The van der Waals surface area contributed by atoms with Crippen molar-refractivity contribution in [3.63, 3.8) is 0 Å². The predicted octanol–water partition coefficient (Wildman–Crippen LogP) is 0.737. The molecule has 0 radical (unpaired) electrons. The number of fused-ring (bicyclic) bond motifs is 1. The van der Waals surface area contributed by atoms with Crippen LogP contribution in [0.25, 0.3) is 11.4 Å². The molecule has 0 aliphatic heterocycles. The van der Waals surface area contributed by atoms with Gasteiger partial charge in [-0.25, -0.2) is 9.97 Å². The van der Waals surface area contributed by atoms with Crippen molar-refractivity contribution in [3.05, 3.63) is 71.1 Å². The smallest absolute Gasteiger partial charge is 0.270 e. The lowest BCUT2D eigenvalue weighted by Crippen LogP contribution is -2.29. The normalized spacial score (nSPS) is 14.6. The molecule has 1 aliphatic carbocycles. The molecule has 5 rings (SSSR count). The summed E-state index contributed by atoms with van der Waals surface area (Å²) in [6, 6.07) is 7.13. The number of tetrazole rings is 1. The lowest BCUT2D eigenvalue weighted by Gasteiger charge is -2.14. The fourth-order valence-electron chi connectivity index (χ4n) is 3.86. The Morgan fingerprint density at radius 2 is 2.03 bits per heavy atom. The summed E-state index contributed by atoms with van der Waals surface area (Å²) in [7, 11) is 1.80. The van der Waals surface area contributed by atoms with Gasteiger partial charge in [0.05, 0.1) is 12.2 Å². The predicted molar refractivity (Wildman–Crippen MR) is 115 cm³/mol. The Bertz CT molecular complexity index is 1310. The van der Waals surface area contributed by atoms with Gasteiger partial charge in [-0.2, -0.15) is 10.3 Å². The summed E-state index contributed by atoms with van der Waals surface area (Å²) in [5.41, 5.74) is 4.15. The van der Waals surface area contributed by atoms with E-state index in [1.807, 2.05) is 24.4 Å². The monoisotopic (exact) mass is 444 g/mol. The number of nitrogens with one attached hydrogen (secondary N) is 3. The fraction of sp³-hybridized carbons (Fsp3) is 0.238. The van der Waals surface area contributed by atoms with Crippen LogP contribution < -0.4 is 10.6 Å². The van der Waals surface area contributed by atoms with E-state index >= 15 is 0 Å². The lowest BCUT2D eigenvalue weighted by molar-refractivity contribution is 0.0931. The summed E-state index contributed by atoms with van der Waals surface area (Å²) in [4.78, 5) is 33.3. The van der Waals surface area contributed by atoms with E-state index in [1.165, 1.54) is 12.4 Å². The van der Waals surface area contributed by atoms with E-state index in [4.69, 9.17) is 0 Å². The van der Waals surface area contributed by atoms with Gasteiger partial charge in [0, 0.05) is 37.0 Å². The molecule has 3 heterocycles. The Kier molecular flexibility index (Phi) is 5.30. The number of rotatable bonds is 6. The Hall–Kier alpha value is -4.48. The van der Waals surface area contributed by atoms with Gasteiger partial charge in [0.25, 0.3) is 11.8 Å². The van der Waals surface area contributed by atoms with Gasteiger partial charge in [0.2, 0.25) is 5.82 Å². The number of carbonyl (C=O) groups excluding carboxylic acids is 2. The molecule has 0 saturated heterocycles. The molecule has 33 heavy (non-hydrogen) atoms. The van der Waals surface area contributed by atoms with Crippen LogP contribution in [0, 0.1) is 0 Å². The number of hydrogen-bond acceptors (Lipinski definition) is 8. The van der Waals surface area contributed by atoms with Crippen molar-refractivity contribution in [1.29, 1.82) is 0 Å². The van der Waals surface area contributed by atoms with E-state index in [-0.39, 0.29) is 23.3 Å². The third kappa shape index (κ3) is 4.31. The molecule has 0 spiro atoms. The molecule has 3 aromatic heterocycles. The van der Waals surface area contributed by atoms with Crippen LogP contribution in [-0.4, -0.2) is 52.2 Å². The van der Waals surface area contributed by atoms with Gasteiger partial charge in [0.15, 0.2) is 0 Å². The van der Waals surface area contributed by atoms with Crippen LogP contribution in [-0.2, 0) is 20.0 Å². The number of hydrogen-bond donors (Lipinski definition) is 3. The van der Waals surface area contributed by atoms with Crippen LogP contribution in [0.4, 0.5) is 0 Å². The van der Waals surface area contributed by atoms with Crippen LogP contribution >= 0.6 is 0 Å². The molecule has 12 nitrogen and oxygen atoms in total. The van der Waals surface area contributed by atoms with Gasteiger partial charge in [-0.3, -0.25) is 14.3 Å². The number of carbonyl (C=O) groups is 2. The summed E-state index contributed by atoms with van der Waals surface area (Å²) < 4.78 is 1.65. The van der Waals surface area contributed by atoms with Crippen LogP contribution in [0.5, 0.6) is 0 Å². The zero-order valence-corrected chi connectivity index (χ0v) is 17.7. The topological polar surface area (TPSA) is 156 Å². The third-order valence-corrected chi connectivity index (χ3v) is 5.47. The minimum atomic E-state index is -0.393. The standard InChI is InChI=1S/C21H20N10O2/c1-31-10-12(9-25-31)8-22-20(32)17-7-18(24-11-23-17)21(33)26-16-5-3-13-6-14(2-4-15(13)16)19-27-29-30-28-19/h2,4,6-7,9-11,16H,3,5,8H2,1H3,(H,22,32)(H,26,33)(H,27,28,29,30)/t16-/m1/s1. The average Bonchev–Trinajstić information content (AvgIpc) is 3.59. The molecule has 166 valence electrons. The van der Waals surface area contributed by atoms with Crippen molar-refractivity contribution < 1.29 is 9.59 Å². The summed E-state index contributed by atoms with van der Waals surface area (Å²) >= 11 is 0. The maximum Gasteiger partial charge on any atom is 0.270 e. The highest BCUT2D eigenvalue weighted by molar-refractivity contribution is 5.97. The molecule has 1 atom stereocenters. The number of H-pyrrole nitrogens is 1. The third-order valence-electron chi connectivity index (χ3n) is 5.47.